The summed E-state index contributed by atoms with van der Waals surface area (Å²) in [7, 11) is 0. The SMILES string of the molecule is CC(C)(C)CC(Br)CNC(=O)CC1CCCCC1. The third-order valence-corrected chi connectivity index (χ3v) is 4.20. The fourth-order valence-electron chi connectivity index (χ4n) is 2.69. The number of alkyl halides is 1. The van der Waals surface area contributed by atoms with Crippen LogP contribution in [-0.4, -0.2) is 17.3 Å². The zero-order chi connectivity index (χ0) is 13.6. The van der Waals surface area contributed by atoms with Crippen molar-refractivity contribution in [3.05, 3.63) is 0 Å². The Morgan fingerprint density at radius 2 is 1.89 bits per heavy atom. The van der Waals surface area contributed by atoms with E-state index < -0.39 is 0 Å². The van der Waals surface area contributed by atoms with Crippen LogP contribution in [0.1, 0.15) is 65.7 Å². The molecule has 1 atom stereocenters. The van der Waals surface area contributed by atoms with Crippen molar-refractivity contribution in [3.8, 4) is 0 Å². The van der Waals surface area contributed by atoms with Crippen molar-refractivity contribution >= 4 is 21.8 Å². The third kappa shape index (κ3) is 7.40. The first-order valence-electron chi connectivity index (χ1n) is 7.27. The van der Waals surface area contributed by atoms with Crippen molar-refractivity contribution in [1.29, 1.82) is 0 Å². The number of hydrogen-bond acceptors (Lipinski definition) is 1. The predicted octanol–water partition coefficient (Wildman–Crippen LogP) is 4.27. The lowest BCUT2D eigenvalue weighted by atomic mass is 9.87. The molecule has 0 saturated heterocycles. The smallest absolute Gasteiger partial charge is 0.220 e. The maximum absolute atomic E-state index is 11.8. The Hall–Kier alpha value is -0.0500. The molecule has 1 aliphatic carbocycles. The van der Waals surface area contributed by atoms with Gasteiger partial charge < -0.3 is 5.32 Å². The Bertz CT molecular complexity index is 254. The van der Waals surface area contributed by atoms with Crippen LogP contribution in [0.5, 0.6) is 0 Å². The van der Waals surface area contributed by atoms with Crippen molar-refractivity contribution in [2.75, 3.05) is 6.54 Å². The zero-order valence-electron chi connectivity index (χ0n) is 12.1. The first-order chi connectivity index (χ1) is 8.37. The molecule has 106 valence electrons. The minimum absolute atomic E-state index is 0.236. The lowest BCUT2D eigenvalue weighted by molar-refractivity contribution is -0.122. The van der Waals surface area contributed by atoms with Crippen molar-refractivity contribution in [2.24, 2.45) is 11.3 Å². The number of carbonyl (C=O) groups is 1. The van der Waals surface area contributed by atoms with Crippen LogP contribution in [0.2, 0.25) is 0 Å². The molecule has 1 fully saturated rings. The van der Waals surface area contributed by atoms with E-state index in [4.69, 9.17) is 0 Å². The fraction of sp³-hybridized carbons (Fsp3) is 0.933. The molecule has 2 nitrogen and oxygen atoms in total. The van der Waals surface area contributed by atoms with Crippen molar-refractivity contribution < 1.29 is 4.79 Å². The largest absolute Gasteiger partial charge is 0.355 e. The number of halogens is 1. The van der Waals surface area contributed by atoms with Gasteiger partial charge in [0.2, 0.25) is 5.91 Å². The fourth-order valence-corrected chi connectivity index (χ4v) is 3.82. The second-order valence-electron chi connectivity index (χ2n) is 6.87. The van der Waals surface area contributed by atoms with Gasteiger partial charge in [0.15, 0.2) is 0 Å². The Balaban J connectivity index is 2.16. The highest BCUT2D eigenvalue weighted by Gasteiger charge is 2.19. The Kier molecular flexibility index (Phi) is 6.68. The molecule has 1 amide bonds. The Labute approximate surface area is 120 Å². The highest BCUT2D eigenvalue weighted by atomic mass is 79.9. The molecule has 1 rings (SSSR count). The first kappa shape index (κ1) is 16.0. The highest BCUT2D eigenvalue weighted by molar-refractivity contribution is 9.09. The lowest BCUT2D eigenvalue weighted by Crippen LogP contribution is -2.32. The van der Waals surface area contributed by atoms with Crippen LogP contribution in [0.3, 0.4) is 0 Å². The Morgan fingerprint density at radius 1 is 1.28 bits per heavy atom. The average molecular weight is 318 g/mol. The highest BCUT2D eigenvalue weighted by Crippen LogP contribution is 2.26. The van der Waals surface area contributed by atoms with Crippen molar-refractivity contribution in [3.63, 3.8) is 0 Å². The molecule has 1 saturated carbocycles. The van der Waals surface area contributed by atoms with E-state index in [1.54, 1.807) is 0 Å². The van der Waals surface area contributed by atoms with Crippen molar-refractivity contribution in [2.45, 2.75) is 70.5 Å². The average Bonchev–Trinajstić information content (AvgIpc) is 2.25. The maximum atomic E-state index is 11.8. The monoisotopic (exact) mass is 317 g/mol. The summed E-state index contributed by atoms with van der Waals surface area (Å²) in [6.45, 7) is 7.43. The maximum Gasteiger partial charge on any atom is 0.220 e. The normalized spacial score (nSPS) is 19.6. The van der Waals surface area contributed by atoms with Crippen molar-refractivity contribution in [1.82, 2.24) is 5.32 Å². The summed E-state index contributed by atoms with van der Waals surface area (Å²) in [6.07, 6.45) is 8.27. The van der Waals surface area contributed by atoms with E-state index in [1.807, 2.05) is 0 Å². The van der Waals surface area contributed by atoms with E-state index in [0.717, 1.165) is 19.4 Å². The van der Waals surface area contributed by atoms with Gasteiger partial charge in [-0.2, -0.15) is 0 Å². The molecule has 0 radical (unpaired) electrons. The second-order valence-corrected chi connectivity index (χ2v) is 8.17. The molecule has 18 heavy (non-hydrogen) atoms. The molecule has 0 heterocycles. The number of nitrogens with one attached hydrogen (secondary N) is 1. The minimum atomic E-state index is 0.236. The van der Waals surface area contributed by atoms with Crippen LogP contribution in [0, 0.1) is 11.3 Å². The lowest BCUT2D eigenvalue weighted by Gasteiger charge is -2.23. The molecule has 1 N–H and O–H groups in total. The van der Waals surface area contributed by atoms with Crippen LogP contribution in [0.15, 0.2) is 0 Å². The van der Waals surface area contributed by atoms with Gasteiger partial charge >= 0.3 is 0 Å². The van der Waals surface area contributed by atoms with E-state index in [1.165, 1.54) is 32.1 Å². The molecule has 0 aromatic rings. The molecule has 3 heteroatoms. The number of amides is 1. The van der Waals surface area contributed by atoms with Gasteiger partial charge in [0.1, 0.15) is 0 Å². The molecule has 0 spiro atoms. The minimum Gasteiger partial charge on any atom is -0.355 e. The summed E-state index contributed by atoms with van der Waals surface area (Å²) >= 11 is 3.65. The van der Waals surface area contributed by atoms with E-state index in [2.05, 4.69) is 42.0 Å². The Morgan fingerprint density at radius 3 is 2.44 bits per heavy atom. The van der Waals surface area contributed by atoms with Gasteiger partial charge in [0, 0.05) is 17.8 Å². The van der Waals surface area contributed by atoms with Gasteiger partial charge in [-0.15, -0.1) is 0 Å². The molecule has 0 aromatic carbocycles. The summed E-state index contributed by atoms with van der Waals surface area (Å²) in [5.41, 5.74) is 0.308. The van der Waals surface area contributed by atoms with Crippen LogP contribution in [-0.2, 0) is 4.79 Å². The summed E-state index contributed by atoms with van der Waals surface area (Å²) in [5, 5.41) is 3.07. The molecule has 0 aromatic heterocycles. The molecule has 0 bridgehead atoms. The van der Waals surface area contributed by atoms with Crippen LogP contribution in [0.25, 0.3) is 0 Å². The summed E-state index contributed by atoms with van der Waals surface area (Å²) < 4.78 is 0. The molecular weight excluding hydrogens is 290 g/mol. The van der Waals surface area contributed by atoms with Gasteiger partial charge in [0.25, 0.3) is 0 Å². The predicted molar refractivity (Wildman–Crippen MR) is 81.0 cm³/mol. The number of rotatable bonds is 5. The quantitative estimate of drug-likeness (QED) is 0.754. The standard InChI is InChI=1S/C15H28BrNO/c1-15(2,3)10-13(16)11-17-14(18)9-12-7-5-4-6-8-12/h12-13H,4-11H2,1-3H3,(H,17,18). The summed E-state index contributed by atoms with van der Waals surface area (Å²) in [5.74, 6) is 0.871. The topological polar surface area (TPSA) is 29.1 Å². The molecule has 0 aliphatic heterocycles. The zero-order valence-corrected chi connectivity index (χ0v) is 13.7. The van der Waals surface area contributed by atoms with E-state index in [0.29, 0.717) is 16.2 Å². The molecule has 1 unspecified atom stereocenters. The van der Waals surface area contributed by atoms with E-state index >= 15 is 0 Å². The van der Waals surface area contributed by atoms with E-state index in [9.17, 15) is 4.79 Å². The number of carbonyl (C=O) groups excluding carboxylic acids is 1. The first-order valence-corrected chi connectivity index (χ1v) is 8.19. The molecule has 1 aliphatic rings. The van der Waals surface area contributed by atoms with E-state index in [-0.39, 0.29) is 5.91 Å². The third-order valence-electron chi connectivity index (χ3n) is 3.55. The summed E-state index contributed by atoms with van der Waals surface area (Å²) in [4.78, 5) is 12.2. The summed E-state index contributed by atoms with van der Waals surface area (Å²) in [6, 6.07) is 0. The van der Waals surface area contributed by atoms with Gasteiger partial charge in [-0.25, -0.2) is 0 Å². The van der Waals surface area contributed by atoms with Gasteiger partial charge in [-0.1, -0.05) is 56.0 Å². The molecular formula is C15H28BrNO. The van der Waals surface area contributed by atoms with Gasteiger partial charge in [0.05, 0.1) is 0 Å². The van der Waals surface area contributed by atoms with Crippen LogP contribution < -0.4 is 5.32 Å². The van der Waals surface area contributed by atoms with Crippen LogP contribution in [0.4, 0.5) is 0 Å². The van der Waals surface area contributed by atoms with Crippen LogP contribution >= 0.6 is 15.9 Å². The second kappa shape index (κ2) is 7.52. The number of hydrogen-bond donors (Lipinski definition) is 1. The van der Waals surface area contributed by atoms with Gasteiger partial charge in [-0.05, 0) is 30.6 Å². The van der Waals surface area contributed by atoms with Gasteiger partial charge in [-0.3, -0.25) is 4.79 Å².